The number of ether oxygens (including phenoxy) is 1. The predicted octanol–water partition coefficient (Wildman–Crippen LogP) is 2.22. The van der Waals surface area contributed by atoms with Crippen molar-refractivity contribution in [3.8, 4) is 11.8 Å². The molecule has 2 N–H and O–H groups in total. The van der Waals surface area contributed by atoms with Gasteiger partial charge in [-0.1, -0.05) is 12.1 Å². The number of benzene rings is 1. The van der Waals surface area contributed by atoms with Crippen molar-refractivity contribution in [2.75, 3.05) is 6.54 Å². The van der Waals surface area contributed by atoms with Crippen molar-refractivity contribution in [3.63, 3.8) is 0 Å². The van der Waals surface area contributed by atoms with Gasteiger partial charge in [-0.2, -0.15) is 0 Å². The Hall–Kier alpha value is -2.01. The molecule has 0 aliphatic carbocycles. The maximum Gasteiger partial charge on any atom is 0.321 e. The molecule has 2 rings (SSSR count). The van der Waals surface area contributed by atoms with Crippen LogP contribution in [0.25, 0.3) is 0 Å². The van der Waals surface area contributed by atoms with Gasteiger partial charge in [0.05, 0.1) is 0 Å². The maximum absolute atomic E-state index is 13.7. The summed E-state index contributed by atoms with van der Waals surface area (Å²) >= 11 is 0. The SMILES string of the molecule is Cc1cccc(Oc2ncc(CCN)cn2)c1F. The van der Waals surface area contributed by atoms with E-state index in [-0.39, 0.29) is 11.8 Å². The van der Waals surface area contributed by atoms with Crippen LogP contribution in [-0.4, -0.2) is 16.5 Å². The third-order valence-corrected chi connectivity index (χ3v) is 2.47. The van der Waals surface area contributed by atoms with Gasteiger partial charge in [0.1, 0.15) is 0 Å². The summed E-state index contributed by atoms with van der Waals surface area (Å²) in [6.45, 7) is 2.21. The molecule has 0 radical (unpaired) electrons. The van der Waals surface area contributed by atoms with Crippen molar-refractivity contribution in [1.29, 1.82) is 0 Å². The number of aryl methyl sites for hydroxylation is 1. The minimum atomic E-state index is -0.396. The molecule has 4 nitrogen and oxygen atoms in total. The fraction of sp³-hybridized carbons (Fsp3) is 0.231. The van der Waals surface area contributed by atoms with Gasteiger partial charge < -0.3 is 10.5 Å². The number of hydrogen-bond acceptors (Lipinski definition) is 4. The molecule has 0 fully saturated rings. The second-order valence-corrected chi connectivity index (χ2v) is 3.90. The van der Waals surface area contributed by atoms with Crippen molar-refractivity contribution in [1.82, 2.24) is 9.97 Å². The zero-order valence-electron chi connectivity index (χ0n) is 10.1. The van der Waals surface area contributed by atoms with Crippen molar-refractivity contribution >= 4 is 0 Å². The highest BCUT2D eigenvalue weighted by atomic mass is 19.1. The third-order valence-electron chi connectivity index (χ3n) is 2.47. The van der Waals surface area contributed by atoms with Gasteiger partial charge in [-0.25, -0.2) is 14.4 Å². The lowest BCUT2D eigenvalue weighted by Crippen LogP contribution is -2.04. The van der Waals surface area contributed by atoms with Crippen molar-refractivity contribution < 1.29 is 9.13 Å². The fourth-order valence-electron chi connectivity index (χ4n) is 1.49. The maximum atomic E-state index is 13.7. The molecule has 0 saturated carbocycles. The average molecular weight is 247 g/mol. The Labute approximate surface area is 105 Å². The van der Waals surface area contributed by atoms with Gasteiger partial charge in [-0.05, 0) is 37.1 Å². The van der Waals surface area contributed by atoms with Crippen LogP contribution >= 0.6 is 0 Å². The Balaban J connectivity index is 2.16. The van der Waals surface area contributed by atoms with Crippen LogP contribution in [0, 0.1) is 12.7 Å². The molecule has 0 atom stereocenters. The van der Waals surface area contributed by atoms with Gasteiger partial charge in [0.2, 0.25) is 0 Å². The molecule has 0 spiro atoms. The molecular formula is C13H14FN3O. The van der Waals surface area contributed by atoms with Gasteiger partial charge in [0, 0.05) is 12.4 Å². The molecule has 18 heavy (non-hydrogen) atoms. The first-order chi connectivity index (χ1) is 8.70. The van der Waals surface area contributed by atoms with Crippen LogP contribution in [0.2, 0.25) is 0 Å². The highest BCUT2D eigenvalue weighted by Gasteiger charge is 2.08. The number of nitrogens with zero attached hydrogens (tertiary/aromatic N) is 2. The summed E-state index contributed by atoms with van der Waals surface area (Å²) in [6, 6.07) is 5.06. The van der Waals surface area contributed by atoms with Crippen molar-refractivity contribution in [2.24, 2.45) is 5.73 Å². The smallest absolute Gasteiger partial charge is 0.321 e. The van der Waals surface area contributed by atoms with Crippen LogP contribution in [0.15, 0.2) is 30.6 Å². The summed E-state index contributed by atoms with van der Waals surface area (Å²) in [5, 5.41) is 0. The highest BCUT2D eigenvalue weighted by molar-refractivity contribution is 5.31. The quantitative estimate of drug-likeness (QED) is 0.899. The van der Waals surface area contributed by atoms with E-state index in [0.717, 1.165) is 5.56 Å². The number of rotatable bonds is 4. The summed E-state index contributed by atoms with van der Waals surface area (Å²) in [6.07, 6.45) is 3.96. The molecule has 1 heterocycles. The largest absolute Gasteiger partial charge is 0.421 e. The molecule has 0 aliphatic rings. The number of nitrogens with two attached hydrogens (primary N) is 1. The molecular weight excluding hydrogens is 233 g/mol. The molecule has 1 aromatic heterocycles. The Morgan fingerprint density at radius 1 is 1.28 bits per heavy atom. The zero-order chi connectivity index (χ0) is 13.0. The van der Waals surface area contributed by atoms with E-state index < -0.39 is 5.82 Å². The van der Waals surface area contributed by atoms with Crippen LogP contribution in [0.3, 0.4) is 0 Å². The predicted molar refractivity (Wildman–Crippen MR) is 66.0 cm³/mol. The van der Waals surface area contributed by atoms with Crippen LogP contribution in [0.4, 0.5) is 4.39 Å². The van der Waals surface area contributed by atoms with Crippen molar-refractivity contribution in [2.45, 2.75) is 13.3 Å². The van der Waals surface area contributed by atoms with Gasteiger partial charge in [0.15, 0.2) is 11.6 Å². The first kappa shape index (κ1) is 12.4. The third kappa shape index (κ3) is 2.81. The normalized spacial score (nSPS) is 10.4. The van der Waals surface area contributed by atoms with Crippen LogP contribution < -0.4 is 10.5 Å². The molecule has 2 aromatic rings. The summed E-state index contributed by atoms with van der Waals surface area (Å²) < 4.78 is 19.0. The van der Waals surface area contributed by atoms with Gasteiger partial charge in [0.25, 0.3) is 0 Å². The van der Waals surface area contributed by atoms with E-state index in [4.69, 9.17) is 10.5 Å². The van der Waals surface area contributed by atoms with E-state index in [9.17, 15) is 4.39 Å². The molecule has 0 amide bonds. The average Bonchev–Trinajstić information content (AvgIpc) is 2.38. The van der Waals surface area contributed by atoms with Gasteiger partial charge >= 0.3 is 6.01 Å². The van der Waals surface area contributed by atoms with E-state index in [1.165, 1.54) is 0 Å². The summed E-state index contributed by atoms with van der Waals surface area (Å²) in [5.74, 6) is -0.270. The summed E-state index contributed by atoms with van der Waals surface area (Å²) in [4.78, 5) is 8.02. The second-order valence-electron chi connectivity index (χ2n) is 3.90. The van der Waals surface area contributed by atoms with Crippen molar-refractivity contribution in [3.05, 3.63) is 47.5 Å². The Kier molecular flexibility index (Phi) is 3.84. The Morgan fingerprint density at radius 3 is 2.67 bits per heavy atom. The lowest BCUT2D eigenvalue weighted by Gasteiger charge is -2.06. The molecule has 0 saturated heterocycles. The second kappa shape index (κ2) is 5.55. The van der Waals surface area contributed by atoms with E-state index in [2.05, 4.69) is 9.97 Å². The first-order valence-corrected chi connectivity index (χ1v) is 5.64. The lowest BCUT2D eigenvalue weighted by atomic mass is 10.2. The molecule has 0 aliphatic heterocycles. The Bertz CT molecular complexity index is 528. The van der Waals surface area contributed by atoms with Gasteiger partial charge in [-0.3, -0.25) is 0 Å². The number of aromatic nitrogens is 2. The van der Waals surface area contributed by atoms with Crippen LogP contribution in [0.5, 0.6) is 11.8 Å². The molecule has 0 bridgehead atoms. The number of hydrogen-bond donors (Lipinski definition) is 1. The molecule has 1 aromatic carbocycles. The van der Waals surface area contributed by atoms with E-state index in [1.807, 2.05) is 0 Å². The highest BCUT2D eigenvalue weighted by Crippen LogP contribution is 2.23. The minimum Gasteiger partial charge on any atom is -0.421 e. The summed E-state index contributed by atoms with van der Waals surface area (Å²) in [7, 11) is 0. The van der Waals surface area contributed by atoms with E-state index in [1.54, 1.807) is 37.5 Å². The standard InChI is InChI=1S/C13H14FN3O/c1-9-3-2-4-11(12(9)14)18-13-16-7-10(5-6-15)8-17-13/h2-4,7-8H,5-6,15H2,1H3. The molecule has 94 valence electrons. The van der Waals surface area contributed by atoms with Gasteiger partial charge in [-0.15, -0.1) is 0 Å². The topological polar surface area (TPSA) is 61.0 Å². The summed E-state index contributed by atoms with van der Waals surface area (Å²) in [5.41, 5.74) is 6.87. The lowest BCUT2D eigenvalue weighted by molar-refractivity contribution is 0.409. The molecule has 0 unspecified atom stereocenters. The first-order valence-electron chi connectivity index (χ1n) is 5.64. The molecule has 5 heteroatoms. The van der Waals surface area contributed by atoms with E-state index >= 15 is 0 Å². The monoisotopic (exact) mass is 247 g/mol. The minimum absolute atomic E-state index is 0.125. The Morgan fingerprint density at radius 2 is 2.00 bits per heavy atom. The van der Waals surface area contributed by atoms with Crippen LogP contribution in [0.1, 0.15) is 11.1 Å². The van der Waals surface area contributed by atoms with E-state index in [0.29, 0.717) is 18.5 Å². The fourth-order valence-corrected chi connectivity index (χ4v) is 1.49. The number of halogens is 1. The van der Waals surface area contributed by atoms with Crippen LogP contribution in [-0.2, 0) is 6.42 Å². The zero-order valence-corrected chi connectivity index (χ0v) is 10.1.